The predicted octanol–water partition coefficient (Wildman–Crippen LogP) is 4.45. The van der Waals surface area contributed by atoms with E-state index in [-0.39, 0.29) is 22.9 Å². The van der Waals surface area contributed by atoms with Crippen molar-refractivity contribution in [1.82, 2.24) is 9.97 Å². The molecule has 2 heterocycles. The van der Waals surface area contributed by atoms with E-state index in [1.807, 2.05) is 0 Å². The number of halogens is 3. The molecule has 9 heteroatoms. The van der Waals surface area contributed by atoms with Gasteiger partial charge >= 0.3 is 11.8 Å². The Morgan fingerprint density at radius 2 is 1.77 bits per heavy atom. The van der Waals surface area contributed by atoms with Gasteiger partial charge in [-0.15, -0.1) is 0 Å². The van der Waals surface area contributed by atoms with Crippen LogP contribution in [0.2, 0.25) is 0 Å². The first kappa shape index (κ1) is 20.3. The van der Waals surface area contributed by atoms with Crippen LogP contribution in [0, 0.1) is 0 Å². The number of carbonyl (C=O) groups excluding carboxylic acids is 1. The topological polar surface area (TPSA) is 85.1 Å². The zero-order valence-electron chi connectivity index (χ0n) is 15.8. The van der Waals surface area contributed by atoms with E-state index in [0.29, 0.717) is 11.4 Å². The Hall–Kier alpha value is -4.01. The Balaban J connectivity index is 1.77. The average Bonchev–Trinajstić information content (AvgIpc) is 2.74. The molecule has 4 aromatic rings. The zero-order valence-corrected chi connectivity index (χ0v) is 15.8. The van der Waals surface area contributed by atoms with Crippen molar-refractivity contribution in [2.45, 2.75) is 12.6 Å². The number of amides is 1. The molecular weight excluding hydrogens is 411 g/mol. The lowest BCUT2D eigenvalue weighted by molar-refractivity contribution is -0.137. The van der Waals surface area contributed by atoms with E-state index >= 15 is 0 Å². The second kappa shape index (κ2) is 8.02. The first-order valence-corrected chi connectivity index (χ1v) is 9.13. The molecule has 0 aliphatic heterocycles. The number of pyridine rings is 1. The zero-order chi connectivity index (χ0) is 22.0. The normalized spacial score (nSPS) is 11.5. The highest BCUT2D eigenvalue weighted by Gasteiger charge is 2.34. The number of nitrogens with zero attached hydrogens (tertiary/aromatic N) is 2. The number of carbonyl (C=O) groups is 1. The largest absolute Gasteiger partial charge is 0.417 e. The number of benzene rings is 2. The molecule has 2 aromatic carbocycles. The maximum Gasteiger partial charge on any atom is 0.417 e. The van der Waals surface area contributed by atoms with Crippen molar-refractivity contribution >= 4 is 22.6 Å². The summed E-state index contributed by atoms with van der Waals surface area (Å²) in [5.41, 5.74) is -1.72. The lowest BCUT2D eigenvalue weighted by Crippen LogP contribution is -2.16. The summed E-state index contributed by atoms with van der Waals surface area (Å²) in [4.78, 5) is 33.1. The fraction of sp³-hybridized carbons (Fsp3) is 0.0909. The number of alkyl halides is 3. The third kappa shape index (κ3) is 4.30. The van der Waals surface area contributed by atoms with Crippen LogP contribution in [0.4, 0.5) is 19.0 Å². The molecule has 0 bridgehead atoms. The fourth-order valence-electron chi connectivity index (χ4n) is 3.13. The third-order valence-corrected chi connectivity index (χ3v) is 4.49. The average molecular weight is 425 g/mol. The smallest absolute Gasteiger partial charge is 0.403 e. The van der Waals surface area contributed by atoms with Gasteiger partial charge in [0.1, 0.15) is 5.82 Å². The standard InChI is InChI=1S/C22H14F3N3O3/c23-22(24,25)16-9-2-1-7-14(16)20-28-19-13(6-5-8-15(19)21(30)31-20)12-18(29)27-17-10-3-4-11-26-17/h1-11H,12H2,(H,26,27,29). The minimum Gasteiger partial charge on any atom is -0.403 e. The van der Waals surface area contributed by atoms with Gasteiger partial charge < -0.3 is 9.73 Å². The summed E-state index contributed by atoms with van der Waals surface area (Å²) in [6.45, 7) is 0. The summed E-state index contributed by atoms with van der Waals surface area (Å²) < 4.78 is 45.3. The highest BCUT2D eigenvalue weighted by Crippen LogP contribution is 2.36. The first-order chi connectivity index (χ1) is 14.8. The van der Waals surface area contributed by atoms with Gasteiger partial charge in [0.15, 0.2) is 0 Å². The SMILES string of the molecule is O=C(Cc1cccc2c(=O)oc(-c3ccccc3C(F)(F)F)nc12)Nc1ccccn1. The van der Waals surface area contributed by atoms with Gasteiger partial charge in [-0.3, -0.25) is 4.79 Å². The van der Waals surface area contributed by atoms with Crippen LogP contribution < -0.4 is 10.9 Å². The summed E-state index contributed by atoms with van der Waals surface area (Å²) in [6.07, 6.45) is -3.30. The summed E-state index contributed by atoms with van der Waals surface area (Å²) >= 11 is 0. The molecule has 0 unspecified atom stereocenters. The van der Waals surface area contributed by atoms with Gasteiger partial charge in [-0.25, -0.2) is 14.8 Å². The molecule has 0 aliphatic rings. The van der Waals surface area contributed by atoms with Crippen molar-refractivity contribution in [2.75, 3.05) is 5.32 Å². The lowest BCUT2D eigenvalue weighted by Gasteiger charge is -2.12. The van der Waals surface area contributed by atoms with Crippen LogP contribution >= 0.6 is 0 Å². The number of hydrogen-bond acceptors (Lipinski definition) is 5. The van der Waals surface area contributed by atoms with Crippen LogP contribution in [0.3, 0.4) is 0 Å². The van der Waals surface area contributed by atoms with Crippen LogP contribution in [0.15, 0.2) is 76.1 Å². The molecule has 0 saturated carbocycles. The van der Waals surface area contributed by atoms with E-state index in [1.165, 1.54) is 30.5 Å². The number of aromatic nitrogens is 2. The Bertz CT molecular complexity index is 1320. The molecule has 0 aliphatic carbocycles. The summed E-state index contributed by atoms with van der Waals surface area (Å²) in [7, 11) is 0. The van der Waals surface area contributed by atoms with Crippen molar-refractivity contribution in [3.05, 3.63) is 88.4 Å². The number of anilines is 1. The first-order valence-electron chi connectivity index (χ1n) is 9.13. The van der Waals surface area contributed by atoms with Gasteiger partial charge in [0.05, 0.1) is 22.9 Å². The molecule has 1 N–H and O–H groups in total. The highest BCUT2D eigenvalue weighted by molar-refractivity contribution is 5.94. The van der Waals surface area contributed by atoms with Crippen molar-refractivity contribution in [3.8, 4) is 11.5 Å². The number of rotatable bonds is 4. The van der Waals surface area contributed by atoms with Gasteiger partial charge in [-0.2, -0.15) is 13.2 Å². The Morgan fingerprint density at radius 1 is 1.00 bits per heavy atom. The predicted molar refractivity (Wildman–Crippen MR) is 107 cm³/mol. The van der Waals surface area contributed by atoms with E-state index in [0.717, 1.165) is 6.07 Å². The molecule has 6 nitrogen and oxygen atoms in total. The maximum absolute atomic E-state index is 13.4. The minimum atomic E-state index is -4.66. The number of nitrogens with one attached hydrogen (secondary N) is 1. The molecule has 0 atom stereocenters. The van der Waals surface area contributed by atoms with Gasteiger partial charge in [0, 0.05) is 11.8 Å². The van der Waals surface area contributed by atoms with Crippen LogP contribution in [0.25, 0.3) is 22.4 Å². The molecule has 0 spiro atoms. The van der Waals surface area contributed by atoms with E-state index < -0.39 is 29.2 Å². The van der Waals surface area contributed by atoms with Crippen molar-refractivity contribution < 1.29 is 22.4 Å². The monoisotopic (exact) mass is 425 g/mol. The van der Waals surface area contributed by atoms with Crippen molar-refractivity contribution in [1.29, 1.82) is 0 Å². The van der Waals surface area contributed by atoms with Crippen molar-refractivity contribution in [3.63, 3.8) is 0 Å². The Labute approximate surface area is 173 Å². The van der Waals surface area contributed by atoms with Gasteiger partial charge in [-0.1, -0.05) is 30.3 Å². The molecule has 31 heavy (non-hydrogen) atoms. The van der Waals surface area contributed by atoms with Gasteiger partial charge in [0.2, 0.25) is 11.8 Å². The molecule has 4 rings (SSSR count). The highest BCUT2D eigenvalue weighted by atomic mass is 19.4. The molecule has 0 saturated heterocycles. The van der Waals surface area contributed by atoms with E-state index in [1.54, 1.807) is 30.3 Å². The quantitative estimate of drug-likeness (QED) is 0.522. The minimum absolute atomic E-state index is 0.0661. The van der Waals surface area contributed by atoms with Crippen LogP contribution in [0.1, 0.15) is 11.1 Å². The maximum atomic E-state index is 13.4. The third-order valence-electron chi connectivity index (χ3n) is 4.49. The van der Waals surface area contributed by atoms with E-state index in [4.69, 9.17) is 4.42 Å². The summed E-state index contributed by atoms with van der Waals surface area (Å²) in [5, 5.41) is 2.68. The summed E-state index contributed by atoms with van der Waals surface area (Å²) in [6, 6.07) is 14.3. The second-order valence-corrected chi connectivity index (χ2v) is 6.60. The fourth-order valence-corrected chi connectivity index (χ4v) is 3.13. The molecule has 1 amide bonds. The molecule has 0 radical (unpaired) electrons. The molecule has 0 fully saturated rings. The number of fused-ring (bicyclic) bond motifs is 1. The van der Waals surface area contributed by atoms with E-state index in [9.17, 15) is 22.8 Å². The van der Waals surface area contributed by atoms with E-state index in [2.05, 4.69) is 15.3 Å². The molecule has 2 aromatic heterocycles. The van der Waals surface area contributed by atoms with Crippen LogP contribution in [-0.4, -0.2) is 15.9 Å². The van der Waals surface area contributed by atoms with Gasteiger partial charge in [-0.05, 0) is 35.9 Å². The molecular formula is C22H14F3N3O3. The van der Waals surface area contributed by atoms with Crippen molar-refractivity contribution in [2.24, 2.45) is 0 Å². The second-order valence-electron chi connectivity index (χ2n) is 6.60. The van der Waals surface area contributed by atoms with Gasteiger partial charge in [0.25, 0.3) is 0 Å². The molecule has 156 valence electrons. The Kier molecular flexibility index (Phi) is 5.24. The van der Waals surface area contributed by atoms with Crippen LogP contribution in [-0.2, 0) is 17.4 Å². The summed E-state index contributed by atoms with van der Waals surface area (Å²) in [5.74, 6) is -0.540. The number of hydrogen-bond donors (Lipinski definition) is 1. The lowest BCUT2D eigenvalue weighted by atomic mass is 10.1. The Morgan fingerprint density at radius 3 is 2.52 bits per heavy atom. The van der Waals surface area contributed by atoms with Crippen LogP contribution in [0.5, 0.6) is 0 Å². The number of para-hydroxylation sites is 1.